The molecule has 0 rings (SSSR count). The minimum Gasteiger partial charge on any atom is -0.394 e. The SMILES string of the molecule is CCCCOCCO.CCCOCCO. The molecule has 0 aromatic rings. The van der Waals surface area contributed by atoms with Crippen molar-refractivity contribution in [3.05, 3.63) is 0 Å². The van der Waals surface area contributed by atoms with Crippen molar-refractivity contribution >= 4 is 0 Å². The van der Waals surface area contributed by atoms with Gasteiger partial charge in [0, 0.05) is 13.2 Å². The van der Waals surface area contributed by atoms with Crippen molar-refractivity contribution in [2.75, 3.05) is 39.6 Å². The summed E-state index contributed by atoms with van der Waals surface area (Å²) in [4.78, 5) is 0. The first-order chi connectivity index (χ1) is 7.33. The van der Waals surface area contributed by atoms with Crippen molar-refractivity contribution in [3.8, 4) is 0 Å². The van der Waals surface area contributed by atoms with Crippen LogP contribution in [0.25, 0.3) is 0 Å². The first-order valence-corrected chi connectivity index (χ1v) is 5.70. The predicted octanol–water partition coefficient (Wildman–Crippen LogP) is 1.20. The molecule has 0 atom stereocenters. The fourth-order valence-electron chi connectivity index (χ4n) is 0.724. The van der Waals surface area contributed by atoms with E-state index in [-0.39, 0.29) is 13.2 Å². The van der Waals surface area contributed by atoms with Crippen molar-refractivity contribution in [1.29, 1.82) is 0 Å². The zero-order valence-electron chi connectivity index (χ0n) is 10.1. The van der Waals surface area contributed by atoms with Gasteiger partial charge in [-0.3, -0.25) is 0 Å². The molecule has 0 heterocycles. The Labute approximate surface area is 93.2 Å². The van der Waals surface area contributed by atoms with Crippen LogP contribution in [0.1, 0.15) is 33.1 Å². The van der Waals surface area contributed by atoms with Crippen molar-refractivity contribution in [2.45, 2.75) is 33.1 Å². The van der Waals surface area contributed by atoms with Crippen LogP contribution >= 0.6 is 0 Å². The molecule has 15 heavy (non-hydrogen) atoms. The summed E-state index contributed by atoms with van der Waals surface area (Å²) in [6.07, 6.45) is 3.28. The standard InChI is InChI=1S/C6H14O2.C5H12O2/c1-2-3-5-8-6-4-7;1-2-4-7-5-3-6/h7H,2-6H2,1H3;6H,2-5H2,1H3. The van der Waals surface area contributed by atoms with Gasteiger partial charge in [-0.15, -0.1) is 0 Å². The van der Waals surface area contributed by atoms with Crippen LogP contribution < -0.4 is 0 Å². The lowest BCUT2D eigenvalue weighted by molar-refractivity contribution is 0.0904. The highest BCUT2D eigenvalue weighted by Crippen LogP contribution is 1.85. The average Bonchev–Trinajstić information content (AvgIpc) is 2.26. The Bertz CT molecular complexity index is 78.7. The second-order valence-electron chi connectivity index (χ2n) is 3.03. The summed E-state index contributed by atoms with van der Waals surface area (Å²) in [5.41, 5.74) is 0. The number of unbranched alkanes of at least 4 members (excludes halogenated alkanes) is 1. The second kappa shape index (κ2) is 19.4. The molecule has 0 saturated carbocycles. The van der Waals surface area contributed by atoms with Crippen molar-refractivity contribution in [1.82, 2.24) is 0 Å². The van der Waals surface area contributed by atoms with E-state index in [1.807, 2.05) is 6.92 Å². The summed E-state index contributed by atoms with van der Waals surface area (Å²) in [6, 6.07) is 0. The molecule has 0 aliphatic heterocycles. The van der Waals surface area contributed by atoms with E-state index in [4.69, 9.17) is 19.7 Å². The van der Waals surface area contributed by atoms with Crippen LogP contribution in [0.3, 0.4) is 0 Å². The van der Waals surface area contributed by atoms with E-state index in [0.717, 1.165) is 32.5 Å². The molecule has 4 heteroatoms. The average molecular weight is 222 g/mol. The van der Waals surface area contributed by atoms with E-state index >= 15 is 0 Å². The third-order valence-electron chi connectivity index (χ3n) is 1.46. The van der Waals surface area contributed by atoms with Crippen molar-refractivity contribution < 1.29 is 19.7 Å². The van der Waals surface area contributed by atoms with Crippen LogP contribution in [0.5, 0.6) is 0 Å². The van der Waals surface area contributed by atoms with Crippen LogP contribution in [-0.2, 0) is 9.47 Å². The molecule has 0 unspecified atom stereocenters. The fraction of sp³-hybridized carbons (Fsp3) is 1.00. The van der Waals surface area contributed by atoms with E-state index in [2.05, 4.69) is 6.92 Å². The molecule has 0 amide bonds. The van der Waals surface area contributed by atoms with E-state index < -0.39 is 0 Å². The van der Waals surface area contributed by atoms with E-state index in [1.165, 1.54) is 0 Å². The van der Waals surface area contributed by atoms with Gasteiger partial charge >= 0.3 is 0 Å². The molecule has 2 N–H and O–H groups in total. The maximum atomic E-state index is 8.24. The number of ether oxygens (including phenoxy) is 2. The smallest absolute Gasteiger partial charge is 0.0697 e. The lowest BCUT2D eigenvalue weighted by Crippen LogP contribution is -1.99. The Morgan fingerprint density at radius 2 is 1.27 bits per heavy atom. The van der Waals surface area contributed by atoms with Crippen molar-refractivity contribution in [3.63, 3.8) is 0 Å². The Morgan fingerprint density at radius 3 is 1.67 bits per heavy atom. The van der Waals surface area contributed by atoms with E-state index in [9.17, 15) is 0 Å². The summed E-state index contributed by atoms with van der Waals surface area (Å²) in [7, 11) is 0. The Kier molecular flexibility index (Phi) is 22.3. The van der Waals surface area contributed by atoms with Gasteiger partial charge in [-0.1, -0.05) is 20.3 Å². The summed E-state index contributed by atoms with van der Waals surface area (Å²) >= 11 is 0. The van der Waals surface area contributed by atoms with Gasteiger partial charge in [-0.05, 0) is 12.8 Å². The maximum absolute atomic E-state index is 8.24. The lowest BCUT2D eigenvalue weighted by Gasteiger charge is -1.97. The molecular formula is C11H26O4. The third kappa shape index (κ3) is 24.8. The molecule has 0 aliphatic carbocycles. The molecule has 0 bridgehead atoms. The molecule has 0 aromatic heterocycles. The monoisotopic (exact) mass is 222 g/mol. The van der Waals surface area contributed by atoms with Crippen LogP contribution in [0.15, 0.2) is 0 Å². The summed E-state index contributed by atoms with van der Waals surface area (Å²) < 4.78 is 9.86. The zero-order valence-corrected chi connectivity index (χ0v) is 10.1. The minimum absolute atomic E-state index is 0.139. The molecule has 4 nitrogen and oxygen atoms in total. The van der Waals surface area contributed by atoms with E-state index in [1.54, 1.807) is 0 Å². The quantitative estimate of drug-likeness (QED) is 0.576. The zero-order chi connectivity index (χ0) is 11.8. The van der Waals surface area contributed by atoms with Gasteiger partial charge in [0.05, 0.1) is 26.4 Å². The fourth-order valence-corrected chi connectivity index (χ4v) is 0.724. The first-order valence-electron chi connectivity index (χ1n) is 5.70. The lowest BCUT2D eigenvalue weighted by atomic mass is 10.4. The minimum atomic E-state index is 0.139. The van der Waals surface area contributed by atoms with Gasteiger partial charge in [-0.2, -0.15) is 0 Å². The topological polar surface area (TPSA) is 58.9 Å². The number of aliphatic hydroxyl groups is 2. The van der Waals surface area contributed by atoms with Crippen LogP contribution in [-0.4, -0.2) is 49.9 Å². The Hall–Kier alpha value is -0.160. The van der Waals surface area contributed by atoms with Crippen LogP contribution in [0.4, 0.5) is 0 Å². The molecule has 0 spiro atoms. The second-order valence-corrected chi connectivity index (χ2v) is 3.03. The van der Waals surface area contributed by atoms with E-state index in [0.29, 0.717) is 13.2 Å². The van der Waals surface area contributed by atoms with Gasteiger partial charge in [-0.25, -0.2) is 0 Å². The van der Waals surface area contributed by atoms with Gasteiger partial charge in [0.1, 0.15) is 0 Å². The molecular weight excluding hydrogens is 196 g/mol. The van der Waals surface area contributed by atoms with Crippen molar-refractivity contribution in [2.24, 2.45) is 0 Å². The number of hydrogen-bond donors (Lipinski definition) is 2. The highest BCUT2D eigenvalue weighted by atomic mass is 16.5. The third-order valence-corrected chi connectivity index (χ3v) is 1.46. The van der Waals surface area contributed by atoms with Crippen LogP contribution in [0, 0.1) is 0 Å². The molecule has 0 aliphatic rings. The molecule has 0 saturated heterocycles. The highest BCUT2D eigenvalue weighted by molar-refractivity contribution is 4.30. The summed E-state index contributed by atoms with van der Waals surface area (Å²) in [5.74, 6) is 0. The van der Waals surface area contributed by atoms with Gasteiger partial charge in [0.2, 0.25) is 0 Å². The van der Waals surface area contributed by atoms with Gasteiger partial charge < -0.3 is 19.7 Å². The Balaban J connectivity index is 0. The predicted molar refractivity (Wildman–Crippen MR) is 61.0 cm³/mol. The highest BCUT2D eigenvalue weighted by Gasteiger charge is 1.82. The van der Waals surface area contributed by atoms with Crippen LogP contribution in [0.2, 0.25) is 0 Å². The molecule has 0 aromatic carbocycles. The summed E-state index contributed by atoms with van der Waals surface area (Å²) in [6.45, 7) is 6.95. The van der Waals surface area contributed by atoms with Gasteiger partial charge in [0.15, 0.2) is 0 Å². The number of hydrogen-bond acceptors (Lipinski definition) is 4. The molecule has 0 fully saturated rings. The number of rotatable bonds is 9. The maximum Gasteiger partial charge on any atom is 0.0697 e. The normalized spacial score (nSPS) is 9.60. The number of aliphatic hydroxyl groups excluding tert-OH is 2. The molecule has 0 radical (unpaired) electrons. The van der Waals surface area contributed by atoms with Gasteiger partial charge in [0.25, 0.3) is 0 Å². The Morgan fingerprint density at radius 1 is 0.733 bits per heavy atom. The largest absolute Gasteiger partial charge is 0.394 e. The molecule has 94 valence electrons. The summed E-state index contributed by atoms with van der Waals surface area (Å²) in [5, 5.41) is 16.4. The first kappa shape index (κ1) is 17.2.